The predicted molar refractivity (Wildman–Crippen MR) is 182 cm³/mol. The van der Waals surface area contributed by atoms with Crippen LogP contribution < -0.4 is 0 Å². The first kappa shape index (κ1) is 23.2. The van der Waals surface area contributed by atoms with Crippen LogP contribution in [0.5, 0.6) is 0 Å². The number of fused-ring (bicyclic) bond motifs is 10. The fourth-order valence-corrected chi connectivity index (χ4v) is 8.19. The van der Waals surface area contributed by atoms with Gasteiger partial charge in [-0.1, -0.05) is 78.9 Å². The van der Waals surface area contributed by atoms with Gasteiger partial charge in [0.15, 0.2) is 0 Å². The zero-order chi connectivity index (χ0) is 28.1. The Bertz CT molecular complexity index is 2680. The molecule has 0 saturated heterocycles. The van der Waals surface area contributed by atoms with Gasteiger partial charge in [0.05, 0.1) is 6.26 Å². The summed E-state index contributed by atoms with van der Waals surface area (Å²) in [5.74, 6) is 0. The Hall–Kier alpha value is -5.38. The monoisotopic (exact) mass is 566 g/mol. The first-order valence-electron chi connectivity index (χ1n) is 14.5. The molecule has 0 bridgehead atoms. The summed E-state index contributed by atoms with van der Waals surface area (Å²) < 4.78 is 14.7. The topological polar surface area (TPSA) is 26.3 Å². The predicted octanol–water partition coefficient (Wildman–Crippen LogP) is 12.3. The van der Waals surface area contributed by atoms with Crippen molar-refractivity contribution in [2.24, 2.45) is 0 Å². The number of furan rings is 2. The molecule has 3 heterocycles. The van der Waals surface area contributed by atoms with Gasteiger partial charge in [0.2, 0.25) is 0 Å². The first-order chi connectivity index (χ1) is 21.3. The minimum Gasteiger partial charge on any atom is -0.464 e. The lowest BCUT2D eigenvalue weighted by molar-refractivity contribution is 0.615. The van der Waals surface area contributed by atoms with E-state index in [0.29, 0.717) is 0 Å². The number of thiophene rings is 1. The first-order valence-corrected chi connectivity index (χ1v) is 15.3. The van der Waals surface area contributed by atoms with Crippen molar-refractivity contribution in [2.45, 2.75) is 0 Å². The van der Waals surface area contributed by atoms with Crippen LogP contribution in [-0.4, -0.2) is 0 Å². The lowest BCUT2D eigenvalue weighted by Gasteiger charge is -2.18. The van der Waals surface area contributed by atoms with Crippen LogP contribution in [0.25, 0.3) is 96.9 Å². The third-order valence-corrected chi connectivity index (χ3v) is 10.1. The third kappa shape index (κ3) is 3.23. The molecular formula is C40H22O2S. The lowest BCUT2D eigenvalue weighted by atomic mass is 9.85. The second-order valence-corrected chi connectivity index (χ2v) is 12.3. The SMILES string of the molecule is c1ccc2c(c1)sc1ccc(-c3c4ccccc4c(-c4ccc5oc6ccc7occc7c6c5c4)c4ccccc34)cc12. The lowest BCUT2D eigenvalue weighted by Crippen LogP contribution is -1.90. The molecular weight excluding hydrogens is 545 g/mol. The summed E-state index contributed by atoms with van der Waals surface area (Å²) in [5.41, 5.74) is 7.57. The summed E-state index contributed by atoms with van der Waals surface area (Å²) in [6, 6.07) is 46.1. The maximum atomic E-state index is 6.29. The van der Waals surface area contributed by atoms with E-state index in [-0.39, 0.29) is 0 Å². The van der Waals surface area contributed by atoms with Crippen LogP contribution in [0.2, 0.25) is 0 Å². The molecule has 200 valence electrons. The average Bonchev–Trinajstić information content (AvgIpc) is 3.78. The molecule has 3 aromatic heterocycles. The van der Waals surface area contributed by atoms with Gasteiger partial charge in [-0.05, 0) is 92.3 Å². The Morgan fingerprint density at radius 1 is 0.395 bits per heavy atom. The van der Waals surface area contributed by atoms with E-state index in [1.54, 1.807) is 6.26 Å². The van der Waals surface area contributed by atoms with Crippen molar-refractivity contribution >= 4 is 86.0 Å². The van der Waals surface area contributed by atoms with E-state index in [1.807, 2.05) is 29.5 Å². The number of benzene rings is 7. The largest absolute Gasteiger partial charge is 0.464 e. The second kappa shape index (κ2) is 8.57. The highest BCUT2D eigenvalue weighted by atomic mass is 32.1. The van der Waals surface area contributed by atoms with Crippen molar-refractivity contribution in [3.8, 4) is 22.3 Å². The standard InChI is InChI=1S/C40H22O2S/c1-3-10-28-26(8-1)38(23-13-15-34-32(22-23)40-30-19-20-41-33(30)16-17-35(40)42-34)27-9-2-4-11-29(27)39(28)24-14-18-37-31(21-24)25-7-5-6-12-36(25)43-37/h1-22H. The molecule has 0 saturated carbocycles. The van der Waals surface area contributed by atoms with Gasteiger partial charge in [0.25, 0.3) is 0 Å². The van der Waals surface area contributed by atoms with E-state index in [0.717, 1.165) is 32.9 Å². The molecule has 10 rings (SSSR count). The summed E-state index contributed by atoms with van der Waals surface area (Å²) >= 11 is 1.86. The molecule has 0 amide bonds. The molecule has 0 N–H and O–H groups in total. The van der Waals surface area contributed by atoms with Crippen molar-refractivity contribution < 1.29 is 8.83 Å². The molecule has 3 heteroatoms. The molecule has 0 spiro atoms. The summed E-state index contributed by atoms with van der Waals surface area (Å²) in [4.78, 5) is 0. The Kier molecular flexibility index (Phi) is 4.63. The van der Waals surface area contributed by atoms with Crippen LogP contribution in [0, 0.1) is 0 Å². The molecule has 10 aromatic rings. The van der Waals surface area contributed by atoms with Crippen LogP contribution >= 0.6 is 11.3 Å². The Morgan fingerprint density at radius 2 is 0.953 bits per heavy atom. The number of hydrogen-bond acceptors (Lipinski definition) is 3. The summed E-state index contributed by atoms with van der Waals surface area (Å²) in [6.07, 6.45) is 1.75. The molecule has 0 unspecified atom stereocenters. The van der Waals surface area contributed by atoms with Crippen molar-refractivity contribution in [2.75, 3.05) is 0 Å². The summed E-state index contributed by atoms with van der Waals surface area (Å²) in [5, 5.41) is 10.9. The third-order valence-electron chi connectivity index (χ3n) is 8.95. The number of rotatable bonds is 2. The Balaban J connectivity index is 1.30. The molecule has 2 nitrogen and oxygen atoms in total. The van der Waals surface area contributed by atoms with Gasteiger partial charge in [-0.3, -0.25) is 0 Å². The second-order valence-electron chi connectivity index (χ2n) is 11.2. The highest BCUT2D eigenvalue weighted by Gasteiger charge is 2.19. The van der Waals surface area contributed by atoms with Gasteiger partial charge in [0.1, 0.15) is 16.7 Å². The fourth-order valence-electron chi connectivity index (χ4n) is 7.11. The number of hydrogen-bond donors (Lipinski definition) is 0. The summed E-state index contributed by atoms with van der Waals surface area (Å²) in [7, 11) is 0. The maximum absolute atomic E-state index is 6.29. The minimum absolute atomic E-state index is 0.872. The maximum Gasteiger partial charge on any atom is 0.136 e. The van der Waals surface area contributed by atoms with Gasteiger partial charge < -0.3 is 8.83 Å². The fraction of sp³-hybridized carbons (Fsp3) is 0. The molecule has 0 radical (unpaired) electrons. The van der Waals surface area contributed by atoms with E-state index in [2.05, 4.69) is 109 Å². The van der Waals surface area contributed by atoms with E-state index < -0.39 is 0 Å². The summed E-state index contributed by atoms with van der Waals surface area (Å²) in [6.45, 7) is 0. The van der Waals surface area contributed by atoms with Crippen molar-refractivity contribution in [1.29, 1.82) is 0 Å². The zero-order valence-corrected chi connectivity index (χ0v) is 23.7. The average molecular weight is 567 g/mol. The van der Waals surface area contributed by atoms with Crippen LogP contribution in [0.1, 0.15) is 0 Å². The van der Waals surface area contributed by atoms with Crippen LogP contribution in [0.3, 0.4) is 0 Å². The van der Waals surface area contributed by atoms with Crippen molar-refractivity contribution in [1.82, 2.24) is 0 Å². The Labute approximate surface area is 250 Å². The molecule has 0 atom stereocenters. The van der Waals surface area contributed by atoms with Crippen LogP contribution in [0.4, 0.5) is 0 Å². The van der Waals surface area contributed by atoms with Gasteiger partial charge in [-0.2, -0.15) is 0 Å². The minimum atomic E-state index is 0.872. The van der Waals surface area contributed by atoms with Crippen LogP contribution in [0.15, 0.2) is 142 Å². The van der Waals surface area contributed by atoms with E-state index in [1.165, 1.54) is 64.0 Å². The highest BCUT2D eigenvalue weighted by molar-refractivity contribution is 7.25. The molecule has 0 aliphatic carbocycles. The Morgan fingerprint density at radius 3 is 1.67 bits per heavy atom. The van der Waals surface area contributed by atoms with Gasteiger partial charge in [-0.15, -0.1) is 11.3 Å². The van der Waals surface area contributed by atoms with Crippen molar-refractivity contribution in [3.05, 3.63) is 134 Å². The van der Waals surface area contributed by atoms with E-state index in [9.17, 15) is 0 Å². The smallest absolute Gasteiger partial charge is 0.136 e. The van der Waals surface area contributed by atoms with E-state index in [4.69, 9.17) is 8.83 Å². The van der Waals surface area contributed by atoms with E-state index >= 15 is 0 Å². The van der Waals surface area contributed by atoms with Gasteiger partial charge in [-0.25, -0.2) is 0 Å². The molecule has 0 aliphatic rings. The molecule has 7 aromatic carbocycles. The normalized spacial score (nSPS) is 12.2. The molecule has 0 fully saturated rings. The molecule has 43 heavy (non-hydrogen) atoms. The highest BCUT2D eigenvalue weighted by Crippen LogP contribution is 2.46. The quantitative estimate of drug-likeness (QED) is 0.195. The van der Waals surface area contributed by atoms with Gasteiger partial charge in [0, 0.05) is 36.3 Å². The van der Waals surface area contributed by atoms with Crippen LogP contribution in [-0.2, 0) is 0 Å². The molecule has 0 aliphatic heterocycles. The van der Waals surface area contributed by atoms with Gasteiger partial charge >= 0.3 is 0 Å². The van der Waals surface area contributed by atoms with Crippen molar-refractivity contribution in [3.63, 3.8) is 0 Å². The zero-order valence-electron chi connectivity index (χ0n) is 22.9.